The molecule has 8 heteroatoms. The van der Waals surface area contributed by atoms with Crippen LogP contribution in [0, 0.1) is 5.92 Å². The number of nitrogens with zero attached hydrogens (tertiary/aromatic N) is 2. The number of hydrogen-bond donors (Lipinski definition) is 0. The Bertz CT molecular complexity index is 1130. The molecule has 0 spiro atoms. The number of halogens is 1. The zero-order valence-corrected chi connectivity index (χ0v) is 19.9. The average molecular weight is 505 g/mol. The average Bonchev–Trinajstić information content (AvgIpc) is 3.22. The molecule has 0 saturated carbocycles. The zero-order valence-electron chi connectivity index (χ0n) is 17.5. The fraction of sp³-hybridized carbons (Fsp3) is 0.348. The summed E-state index contributed by atoms with van der Waals surface area (Å²) >= 11 is 3.42. The van der Waals surface area contributed by atoms with Crippen LogP contribution in [0.2, 0.25) is 0 Å². The highest BCUT2D eigenvalue weighted by atomic mass is 79.9. The standard InChI is InChI=1S/C23H25BrN2O4S/c1-3-29-19-8-10-20(11-9-19)31(27,28)22-23(26-14-12-16(2)13-15-26)30-21(25-22)17-4-6-18(24)7-5-17/h4-11,16H,3,12-15H2,1-2H3. The summed E-state index contributed by atoms with van der Waals surface area (Å²) in [6.07, 6.45) is 1.97. The van der Waals surface area contributed by atoms with Gasteiger partial charge in [-0.05, 0) is 74.2 Å². The SMILES string of the molecule is CCOc1ccc(S(=O)(=O)c2nc(-c3ccc(Br)cc3)oc2N2CCC(C)CC2)cc1. The lowest BCUT2D eigenvalue weighted by molar-refractivity contribution is 0.340. The van der Waals surface area contributed by atoms with Gasteiger partial charge in [-0.15, -0.1) is 0 Å². The molecule has 31 heavy (non-hydrogen) atoms. The summed E-state index contributed by atoms with van der Waals surface area (Å²) in [6, 6.07) is 13.9. The number of rotatable bonds is 6. The van der Waals surface area contributed by atoms with E-state index in [1.165, 1.54) is 0 Å². The molecule has 0 amide bonds. The van der Waals surface area contributed by atoms with Crippen LogP contribution in [-0.2, 0) is 9.84 Å². The molecule has 0 bridgehead atoms. The van der Waals surface area contributed by atoms with Gasteiger partial charge in [0.05, 0.1) is 11.5 Å². The quantitative estimate of drug-likeness (QED) is 0.436. The maximum absolute atomic E-state index is 13.5. The van der Waals surface area contributed by atoms with Crippen LogP contribution in [0.25, 0.3) is 11.5 Å². The highest BCUT2D eigenvalue weighted by Crippen LogP contribution is 2.37. The van der Waals surface area contributed by atoms with Gasteiger partial charge in [0.25, 0.3) is 0 Å². The Labute approximate surface area is 191 Å². The molecule has 0 N–H and O–H groups in total. The van der Waals surface area contributed by atoms with E-state index >= 15 is 0 Å². The Hall–Kier alpha value is -2.32. The molecular formula is C23H25BrN2O4S. The highest BCUT2D eigenvalue weighted by molar-refractivity contribution is 9.10. The van der Waals surface area contributed by atoms with Crippen molar-refractivity contribution in [2.45, 2.75) is 36.6 Å². The summed E-state index contributed by atoms with van der Waals surface area (Å²) in [5, 5.41) is -0.0378. The van der Waals surface area contributed by atoms with E-state index in [-0.39, 0.29) is 9.92 Å². The van der Waals surface area contributed by atoms with Crippen LogP contribution in [0.5, 0.6) is 5.75 Å². The minimum absolute atomic E-state index is 0.0378. The van der Waals surface area contributed by atoms with Gasteiger partial charge < -0.3 is 14.1 Å². The van der Waals surface area contributed by atoms with Gasteiger partial charge in [0.2, 0.25) is 26.6 Å². The number of aromatic nitrogens is 1. The van der Waals surface area contributed by atoms with Gasteiger partial charge >= 0.3 is 0 Å². The number of ether oxygens (including phenoxy) is 1. The molecule has 0 unspecified atom stereocenters. The summed E-state index contributed by atoms with van der Waals surface area (Å²) in [4.78, 5) is 6.63. The monoisotopic (exact) mass is 504 g/mol. The topological polar surface area (TPSA) is 72.6 Å². The largest absolute Gasteiger partial charge is 0.494 e. The van der Waals surface area contributed by atoms with Gasteiger partial charge in [0, 0.05) is 23.1 Å². The van der Waals surface area contributed by atoms with Crippen LogP contribution >= 0.6 is 15.9 Å². The van der Waals surface area contributed by atoms with Crippen LogP contribution in [0.1, 0.15) is 26.7 Å². The van der Waals surface area contributed by atoms with Crippen molar-refractivity contribution in [2.75, 3.05) is 24.6 Å². The summed E-state index contributed by atoms with van der Waals surface area (Å²) in [6.45, 7) is 6.09. The number of piperidine rings is 1. The van der Waals surface area contributed by atoms with E-state index in [1.54, 1.807) is 24.3 Å². The normalized spacial score (nSPS) is 15.3. The van der Waals surface area contributed by atoms with Gasteiger partial charge in [-0.1, -0.05) is 22.9 Å². The first kappa shape index (κ1) is 21.9. The van der Waals surface area contributed by atoms with Crippen LogP contribution in [0.3, 0.4) is 0 Å². The number of oxazole rings is 1. The number of benzene rings is 2. The molecule has 0 aliphatic carbocycles. The molecule has 3 aromatic rings. The third-order valence-electron chi connectivity index (χ3n) is 5.44. The first-order valence-corrected chi connectivity index (χ1v) is 12.7. The third kappa shape index (κ3) is 4.65. The fourth-order valence-electron chi connectivity index (χ4n) is 3.59. The predicted octanol–water partition coefficient (Wildman–Crippen LogP) is 5.57. The summed E-state index contributed by atoms with van der Waals surface area (Å²) in [5.41, 5.74) is 0.725. The van der Waals surface area contributed by atoms with Crippen molar-refractivity contribution in [3.05, 3.63) is 53.0 Å². The van der Waals surface area contributed by atoms with Crippen LogP contribution in [0.4, 0.5) is 5.88 Å². The van der Waals surface area contributed by atoms with E-state index in [0.717, 1.165) is 36.0 Å². The van der Waals surface area contributed by atoms with Crippen molar-refractivity contribution in [2.24, 2.45) is 5.92 Å². The Kier molecular flexibility index (Phi) is 6.39. The smallest absolute Gasteiger partial charge is 0.236 e. The van der Waals surface area contributed by atoms with Crippen molar-refractivity contribution >= 4 is 31.7 Å². The lowest BCUT2D eigenvalue weighted by Crippen LogP contribution is -2.33. The summed E-state index contributed by atoms with van der Waals surface area (Å²) < 4.78 is 39.5. The highest BCUT2D eigenvalue weighted by Gasteiger charge is 2.32. The van der Waals surface area contributed by atoms with Gasteiger partial charge in [0.15, 0.2) is 0 Å². The molecule has 1 fully saturated rings. The minimum atomic E-state index is -3.87. The molecule has 164 valence electrons. The van der Waals surface area contributed by atoms with Crippen molar-refractivity contribution in [1.29, 1.82) is 0 Å². The Morgan fingerprint density at radius 2 is 1.74 bits per heavy atom. The van der Waals surface area contributed by atoms with Crippen molar-refractivity contribution in [3.63, 3.8) is 0 Å². The predicted molar refractivity (Wildman–Crippen MR) is 123 cm³/mol. The summed E-state index contributed by atoms with van der Waals surface area (Å²) in [5.74, 6) is 1.85. The second-order valence-corrected chi connectivity index (χ2v) is 10.5. The molecule has 2 aromatic carbocycles. The van der Waals surface area contributed by atoms with Crippen molar-refractivity contribution < 1.29 is 17.6 Å². The van der Waals surface area contributed by atoms with E-state index in [9.17, 15) is 8.42 Å². The van der Waals surface area contributed by atoms with Crippen LogP contribution in [-0.4, -0.2) is 33.1 Å². The number of sulfone groups is 1. The van der Waals surface area contributed by atoms with E-state index in [1.807, 2.05) is 36.1 Å². The van der Waals surface area contributed by atoms with Crippen LogP contribution < -0.4 is 9.64 Å². The molecule has 1 aliphatic rings. The molecule has 6 nitrogen and oxygen atoms in total. The Balaban J connectivity index is 1.77. The minimum Gasteiger partial charge on any atom is -0.494 e. The Morgan fingerprint density at radius 3 is 2.35 bits per heavy atom. The Morgan fingerprint density at radius 1 is 1.10 bits per heavy atom. The number of anilines is 1. The van der Waals surface area contributed by atoms with E-state index in [0.29, 0.717) is 30.0 Å². The maximum atomic E-state index is 13.5. The lowest BCUT2D eigenvalue weighted by atomic mass is 9.99. The zero-order chi connectivity index (χ0) is 22.0. The number of hydrogen-bond acceptors (Lipinski definition) is 6. The molecule has 0 radical (unpaired) electrons. The van der Waals surface area contributed by atoms with Gasteiger partial charge in [0.1, 0.15) is 5.75 Å². The molecular weight excluding hydrogens is 480 g/mol. The second-order valence-electron chi connectivity index (χ2n) is 7.71. The lowest BCUT2D eigenvalue weighted by Gasteiger charge is -2.30. The van der Waals surface area contributed by atoms with Crippen molar-refractivity contribution in [1.82, 2.24) is 4.98 Å². The van der Waals surface area contributed by atoms with E-state index in [4.69, 9.17) is 9.15 Å². The van der Waals surface area contributed by atoms with Crippen molar-refractivity contribution in [3.8, 4) is 17.2 Å². The molecule has 2 heterocycles. The van der Waals surface area contributed by atoms with Gasteiger partial charge in [-0.3, -0.25) is 0 Å². The van der Waals surface area contributed by atoms with E-state index in [2.05, 4.69) is 27.8 Å². The van der Waals surface area contributed by atoms with Crippen LogP contribution in [0.15, 0.2) is 67.3 Å². The molecule has 1 aromatic heterocycles. The first-order chi connectivity index (χ1) is 14.9. The molecule has 4 rings (SSSR count). The molecule has 0 atom stereocenters. The van der Waals surface area contributed by atoms with Gasteiger partial charge in [-0.2, -0.15) is 4.98 Å². The second kappa shape index (κ2) is 9.04. The third-order valence-corrected chi connectivity index (χ3v) is 7.64. The van der Waals surface area contributed by atoms with E-state index < -0.39 is 9.84 Å². The first-order valence-electron chi connectivity index (χ1n) is 10.4. The maximum Gasteiger partial charge on any atom is 0.236 e. The van der Waals surface area contributed by atoms with Gasteiger partial charge in [-0.25, -0.2) is 8.42 Å². The fourth-order valence-corrected chi connectivity index (χ4v) is 5.18. The molecule has 1 saturated heterocycles. The summed E-state index contributed by atoms with van der Waals surface area (Å²) in [7, 11) is -3.87. The molecule has 1 aliphatic heterocycles.